The smallest absolute Gasteiger partial charge is 0.266 e. The molecule has 0 spiro atoms. The van der Waals surface area contributed by atoms with Crippen molar-refractivity contribution in [3.8, 4) is 0 Å². The molecule has 0 atom stereocenters. The highest BCUT2D eigenvalue weighted by Gasteiger charge is 2.26. The van der Waals surface area contributed by atoms with Crippen molar-refractivity contribution in [3.63, 3.8) is 0 Å². The van der Waals surface area contributed by atoms with Crippen LogP contribution >= 0.6 is 11.3 Å². The first-order valence-corrected chi connectivity index (χ1v) is 7.80. The third kappa shape index (κ3) is 2.36. The van der Waals surface area contributed by atoms with Gasteiger partial charge in [-0.3, -0.25) is 4.79 Å². The molecule has 1 aliphatic heterocycles. The maximum atomic E-state index is 12.7. The average molecular weight is 305 g/mol. The first-order chi connectivity index (χ1) is 9.99. The zero-order valence-corrected chi connectivity index (χ0v) is 13.3. The first-order valence-electron chi connectivity index (χ1n) is 6.98. The maximum Gasteiger partial charge on any atom is 0.266 e. The highest BCUT2D eigenvalue weighted by Crippen LogP contribution is 2.35. The van der Waals surface area contributed by atoms with E-state index in [-0.39, 0.29) is 5.91 Å². The molecule has 2 N–H and O–H groups in total. The molecule has 0 aliphatic carbocycles. The highest BCUT2D eigenvalue weighted by atomic mass is 32.1. The van der Waals surface area contributed by atoms with Gasteiger partial charge in [0.25, 0.3) is 5.91 Å². The van der Waals surface area contributed by atoms with E-state index in [9.17, 15) is 4.79 Å². The van der Waals surface area contributed by atoms with E-state index < -0.39 is 0 Å². The van der Waals surface area contributed by atoms with E-state index >= 15 is 0 Å². The monoisotopic (exact) mass is 305 g/mol. The van der Waals surface area contributed by atoms with Crippen molar-refractivity contribution >= 4 is 33.1 Å². The largest absolute Gasteiger partial charge is 0.397 e. The van der Waals surface area contributed by atoms with E-state index in [0.29, 0.717) is 10.6 Å². The summed E-state index contributed by atoms with van der Waals surface area (Å²) in [5.41, 5.74) is 8.64. The molecule has 0 unspecified atom stereocenters. The second-order valence-corrected chi connectivity index (χ2v) is 6.53. The van der Waals surface area contributed by atoms with Gasteiger partial charge < -0.3 is 15.5 Å². The van der Waals surface area contributed by atoms with Crippen LogP contribution in [0.4, 0.5) is 5.69 Å². The fourth-order valence-electron chi connectivity index (χ4n) is 2.55. The number of piperazine rings is 1. The molecule has 2 aromatic heterocycles. The van der Waals surface area contributed by atoms with Gasteiger partial charge >= 0.3 is 0 Å². The van der Waals surface area contributed by atoms with Gasteiger partial charge in [0.2, 0.25) is 0 Å². The molecule has 3 rings (SSSR count). The summed E-state index contributed by atoms with van der Waals surface area (Å²) in [6.45, 7) is 7.16. The van der Waals surface area contributed by atoms with Crippen molar-refractivity contribution in [2.24, 2.45) is 0 Å². The number of nitrogens with two attached hydrogens (primary N) is 1. The van der Waals surface area contributed by atoms with E-state index in [1.54, 1.807) is 0 Å². The van der Waals surface area contributed by atoms with Crippen LogP contribution in [0, 0.1) is 13.8 Å². The van der Waals surface area contributed by atoms with Crippen molar-refractivity contribution in [2.75, 3.05) is 39.0 Å². The number of nitrogen functional groups attached to an aromatic ring is 1. The number of anilines is 1. The van der Waals surface area contributed by atoms with Gasteiger partial charge in [-0.15, -0.1) is 16.4 Å². The summed E-state index contributed by atoms with van der Waals surface area (Å²) in [4.78, 5) is 18.1. The summed E-state index contributed by atoms with van der Waals surface area (Å²) in [5, 5.41) is 9.17. The standard InChI is InChI=1S/C14H19N5OS/c1-8-9(2)16-17-13-10(8)11(15)12(21-13)14(20)19-6-4-18(3)5-7-19/h4-7,15H2,1-3H3. The van der Waals surface area contributed by atoms with Crippen LogP contribution in [-0.4, -0.2) is 59.1 Å². The number of fused-ring (bicyclic) bond motifs is 1. The first kappa shape index (κ1) is 14.2. The fourth-order valence-corrected chi connectivity index (χ4v) is 3.62. The van der Waals surface area contributed by atoms with Crippen LogP contribution in [0.15, 0.2) is 0 Å². The molecule has 2 aromatic rings. The topological polar surface area (TPSA) is 75.4 Å². The van der Waals surface area contributed by atoms with Gasteiger partial charge in [0.15, 0.2) is 0 Å². The van der Waals surface area contributed by atoms with Crippen molar-refractivity contribution in [3.05, 3.63) is 16.1 Å². The van der Waals surface area contributed by atoms with Crippen molar-refractivity contribution in [1.29, 1.82) is 0 Å². The number of carbonyl (C=O) groups excluding carboxylic acids is 1. The minimum Gasteiger partial charge on any atom is -0.397 e. The molecule has 1 amide bonds. The zero-order valence-electron chi connectivity index (χ0n) is 12.5. The summed E-state index contributed by atoms with van der Waals surface area (Å²) < 4.78 is 0. The molecule has 0 bridgehead atoms. The number of aromatic nitrogens is 2. The number of thiophene rings is 1. The second-order valence-electron chi connectivity index (χ2n) is 5.53. The van der Waals surface area contributed by atoms with Crippen LogP contribution in [0.5, 0.6) is 0 Å². The average Bonchev–Trinajstić information content (AvgIpc) is 2.81. The lowest BCUT2D eigenvalue weighted by molar-refractivity contribution is 0.0670. The van der Waals surface area contributed by atoms with Gasteiger partial charge in [0.05, 0.1) is 11.4 Å². The number of nitrogens with zero attached hydrogens (tertiary/aromatic N) is 4. The van der Waals surface area contributed by atoms with Crippen molar-refractivity contribution in [1.82, 2.24) is 20.0 Å². The van der Waals surface area contributed by atoms with E-state index in [1.165, 1.54) is 11.3 Å². The van der Waals surface area contributed by atoms with Crippen molar-refractivity contribution in [2.45, 2.75) is 13.8 Å². The Bertz CT molecular complexity index is 703. The predicted molar refractivity (Wildman–Crippen MR) is 84.7 cm³/mol. The number of amides is 1. The molecular weight excluding hydrogens is 286 g/mol. The maximum absolute atomic E-state index is 12.7. The van der Waals surface area contributed by atoms with Crippen LogP contribution in [0.3, 0.4) is 0 Å². The summed E-state index contributed by atoms with van der Waals surface area (Å²) in [7, 11) is 2.07. The summed E-state index contributed by atoms with van der Waals surface area (Å²) >= 11 is 1.35. The molecule has 3 heterocycles. The van der Waals surface area contributed by atoms with Crippen LogP contribution < -0.4 is 5.73 Å². The highest BCUT2D eigenvalue weighted by molar-refractivity contribution is 7.21. The lowest BCUT2D eigenvalue weighted by atomic mass is 10.1. The summed E-state index contributed by atoms with van der Waals surface area (Å²) in [5.74, 6) is 0.0145. The van der Waals surface area contributed by atoms with E-state index in [4.69, 9.17) is 5.73 Å². The van der Waals surface area contributed by atoms with Gasteiger partial charge in [0, 0.05) is 31.6 Å². The number of aryl methyl sites for hydroxylation is 2. The van der Waals surface area contributed by atoms with Gasteiger partial charge in [-0.05, 0) is 26.5 Å². The number of hydrogen-bond acceptors (Lipinski definition) is 6. The molecule has 6 nitrogen and oxygen atoms in total. The Labute approximate surface area is 127 Å². The third-order valence-electron chi connectivity index (χ3n) is 4.12. The van der Waals surface area contributed by atoms with E-state index in [1.807, 2.05) is 18.7 Å². The minimum atomic E-state index is 0.0145. The van der Waals surface area contributed by atoms with Gasteiger partial charge in [-0.25, -0.2) is 0 Å². The zero-order chi connectivity index (χ0) is 15.1. The van der Waals surface area contributed by atoms with E-state index in [0.717, 1.165) is 47.7 Å². The van der Waals surface area contributed by atoms with Crippen LogP contribution in [-0.2, 0) is 0 Å². The molecule has 0 aromatic carbocycles. The Morgan fingerprint density at radius 1 is 1.19 bits per heavy atom. The molecule has 0 saturated carbocycles. The van der Waals surface area contributed by atoms with Gasteiger partial charge in [-0.2, -0.15) is 5.10 Å². The van der Waals surface area contributed by atoms with Gasteiger partial charge in [0.1, 0.15) is 9.71 Å². The Morgan fingerprint density at radius 3 is 2.52 bits per heavy atom. The quantitative estimate of drug-likeness (QED) is 0.859. The van der Waals surface area contributed by atoms with Crippen LogP contribution in [0.1, 0.15) is 20.9 Å². The predicted octanol–water partition coefficient (Wildman–Crippen LogP) is 1.28. The molecule has 1 saturated heterocycles. The summed E-state index contributed by atoms with van der Waals surface area (Å²) in [6, 6.07) is 0. The molecule has 0 radical (unpaired) electrons. The minimum absolute atomic E-state index is 0.0145. The Morgan fingerprint density at radius 2 is 1.86 bits per heavy atom. The Balaban J connectivity index is 1.99. The molecular formula is C14H19N5OS. The lowest BCUT2D eigenvalue weighted by Gasteiger charge is -2.32. The number of rotatable bonds is 1. The number of carbonyl (C=O) groups is 1. The second kappa shape index (κ2) is 5.23. The van der Waals surface area contributed by atoms with Crippen LogP contribution in [0.2, 0.25) is 0 Å². The summed E-state index contributed by atoms with van der Waals surface area (Å²) in [6.07, 6.45) is 0. The third-order valence-corrected chi connectivity index (χ3v) is 5.20. The number of likely N-dealkylation sites (N-methyl/N-ethyl adjacent to an activating group) is 1. The fraction of sp³-hybridized carbons (Fsp3) is 0.500. The molecule has 1 aliphatic rings. The molecule has 112 valence electrons. The number of hydrogen-bond donors (Lipinski definition) is 1. The molecule has 21 heavy (non-hydrogen) atoms. The molecule has 7 heteroatoms. The Hall–Kier alpha value is -1.73. The SMILES string of the molecule is Cc1nnc2sc(C(=O)N3CCN(C)CC3)c(N)c2c1C. The normalized spacial score (nSPS) is 16.6. The lowest BCUT2D eigenvalue weighted by Crippen LogP contribution is -2.47. The van der Waals surface area contributed by atoms with Gasteiger partial charge in [-0.1, -0.05) is 0 Å². The van der Waals surface area contributed by atoms with E-state index in [2.05, 4.69) is 22.1 Å². The Kier molecular flexibility index (Phi) is 3.54. The van der Waals surface area contributed by atoms with Crippen molar-refractivity contribution < 1.29 is 4.79 Å². The van der Waals surface area contributed by atoms with Crippen LogP contribution in [0.25, 0.3) is 10.2 Å². The molecule has 1 fully saturated rings.